The van der Waals surface area contributed by atoms with Gasteiger partial charge < -0.3 is 14.8 Å². The van der Waals surface area contributed by atoms with Crippen molar-refractivity contribution in [3.8, 4) is 17.2 Å². The molecule has 9 heteroatoms. The van der Waals surface area contributed by atoms with Crippen LogP contribution in [0.3, 0.4) is 0 Å². The Morgan fingerprint density at radius 3 is 2.50 bits per heavy atom. The highest BCUT2D eigenvalue weighted by molar-refractivity contribution is 7.99. The maximum atomic E-state index is 13.2. The van der Waals surface area contributed by atoms with Crippen molar-refractivity contribution in [2.75, 3.05) is 24.8 Å². The minimum Gasteiger partial charge on any atom is -0.497 e. The SMILES string of the molecule is CCOc1ccc(NC(=O)CSc2nc3ccsc3c(=O)n2-c2ccc(OC)cc2)cc1. The average Bonchev–Trinajstić information content (AvgIpc) is 3.28. The first-order valence-electron chi connectivity index (χ1n) is 9.89. The van der Waals surface area contributed by atoms with Crippen LogP contribution in [0.25, 0.3) is 15.9 Å². The number of anilines is 1. The van der Waals surface area contributed by atoms with Crippen molar-refractivity contribution in [3.05, 3.63) is 70.3 Å². The van der Waals surface area contributed by atoms with Gasteiger partial charge in [0.2, 0.25) is 5.91 Å². The lowest BCUT2D eigenvalue weighted by molar-refractivity contribution is -0.113. The number of thiophene rings is 1. The van der Waals surface area contributed by atoms with Gasteiger partial charge in [0.15, 0.2) is 5.16 Å². The number of hydrogen-bond acceptors (Lipinski definition) is 7. The molecule has 0 unspecified atom stereocenters. The molecule has 0 aliphatic rings. The van der Waals surface area contributed by atoms with Crippen LogP contribution in [0, 0.1) is 0 Å². The van der Waals surface area contributed by atoms with Gasteiger partial charge in [0, 0.05) is 5.69 Å². The molecule has 4 aromatic rings. The zero-order valence-corrected chi connectivity index (χ0v) is 19.2. The highest BCUT2D eigenvalue weighted by atomic mass is 32.2. The van der Waals surface area contributed by atoms with E-state index in [-0.39, 0.29) is 17.2 Å². The number of rotatable bonds is 8. The largest absolute Gasteiger partial charge is 0.497 e. The summed E-state index contributed by atoms with van der Waals surface area (Å²) in [5.74, 6) is 1.35. The number of nitrogens with one attached hydrogen (secondary N) is 1. The van der Waals surface area contributed by atoms with E-state index < -0.39 is 0 Å². The molecule has 0 aliphatic heterocycles. The van der Waals surface area contributed by atoms with Crippen molar-refractivity contribution in [2.45, 2.75) is 12.1 Å². The van der Waals surface area contributed by atoms with Crippen molar-refractivity contribution in [1.82, 2.24) is 9.55 Å². The lowest BCUT2D eigenvalue weighted by atomic mass is 10.3. The Balaban J connectivity index is 1.56. The number of amides is 1. The van der Waals surface area contributed by atoms with Gasteiger partial charge in [-0.25, -0.2) is 4.98 Å². The second-order valence-electron chi connectivity index (χ2n) is 6.66. The molecular weight excluding hydrogens is 446 g/mol. The molecule has 0 saturated carbocycles. The maximum Gasteiger partial charge on any atom is 0.276 e. The number of nitrogens with zero attached hydrogens (tertiary/aromatic N) is 2. The van der Waals surface area contributed by atoms with Gasteiger partial charge >= 0.3 is 0 Å². The standard InChI is InChI=1S/C23H21N3O4S2/c1-3-30-18-8-4-15(5-9-18)24-20(27)14-32-23-25-19-12-13-31-21(19)22(28)26(23)16-6-10-17(29-2)11-7-16/h4-13H,3,14H2,1-2H3,(H,24,27). The number of thioether (sulfide) groups is 1. The highest BCUT2D eigenvalue weighted by Crippen LogP contribution is 2.25. The quantitative estimate of drug-likeness (QED) is 0.302. The summed E-state index contributed by atoms with van der Waals surface area (Å²) >= 11 is 2.56. The summed E-state index contributed by atoms with van der Waals surface area (Å²) in [6.45, 7) is 2.50. The molecule has 1 N–H and O–H groups in total. The molecule has 0 aliphatic carbocycles. The summed E-state index contributed by atoms with van der Waals surface area (Å²) in [5, 5.41) is 5.15. The highest BCUT2D eigenvalue weighted by Gasteiger charge is 2.16. The summed E-state index contributed by atoms with van der Waals surface area (Å²) in [6.07, 6.45) is 0. The fourth-order valence-corrected chi connectivity index (χ4v) is 4.65. The summed E-state index contributed by atoms with van der Waals surface area (Å²) in [4.78, 5) is 30.3. The van der Waals surface area contributed by atoms with Gasteiger partial charge in [-0.2, -0.15) is 0 Å². The summed E-state index contributed by atoms with van der Waals surface area (Å²) in [6, 6.07) is 16.2. The maximum absolute atomic E-state index is 13.2. The zero-order valence-electron chi connectivity index (χ0n) is 17.5. The van der Waals surface area contributed by atoms with Crippen molar-refractivity contribution >= 4 is 44.9 Å². The summed E-state index contributed by atoms with van der Waals surface area (Å²) in [7, 11) is 1.59. The second kappa shape index (κ2) is 9.88. The van der Waals surface area contributed by atoms with Gasteiger partial charge in [-0.3, -0.25) is 14.2 Å². The van der Waals surface area contributed by atoms with Crippen LogP contribution in [0.5, 0.6) is 11.5 Å². The summed E-state index contributed by atoms with van der Waals surface area (Å²) in [5.41, 5.74) is 1.80. The van der Waals surface area contributed by atoms with Gasteiger partial charge in [0.05, 0.1) is 30.7 Å². The van der Waals surface area contributed by atoms with Gasteiger partial charge in [0.25, 0.3) is 5.56 Å². The third kappa shape index (κ3) is 4.79. The van der Waals surface area contributed by atoms with E-state index in [9.17, 15) is 9.59 Å². The van der Waals surface area contributed by atoms with E-state index in [1.165, 1.54) is 27.7 Å². The van der Waals surface area contributed by atoms with E-state index in [1.54, 1.807) is 55.6 Å². The van der Waals surface area contributed by atoms with Gasteiger partial charge in [-0.1, -0.05) is 11.8 Å². The zero-order chi connectivity index (χ0) is 22.5. The molecule has 2 aromatic heterocycles. The Morgan fingerprint density at radius 2 is 1.81 bits per heavy atom. The molecule has 1 amide bonds. The van der Waals surface area contributed by atoms with Gasteiger partial charge in [-0.15, -0.1) is 11.3 Å². The fourth-order valence-electron chi connectivity index (χ4n) is 3.08. The molecule has 0 saturated heterocycles. The molecule has 7 nitrogen and oxygen atoms in total. The van der Waals surface area contributed by atoms with Crippen LogP contribution in [0.1, 0.15) is 6.92 Å². The van der Waals surface area contributed by atoms with Crippen LogP contribution in [0.2, 0.25) is 0 Å². The van der Waals surface area contributed by atoms with E-state index >= 15 is 0 Å². The van der Waals surface area contributed by atoms with Crippen LogP contribution in [-0.2, 0) is 4.79 Å². The van der Waals surface area contributed by atoms with Crippen LogP contribution < -0.4 is 20.3 Å². The van der Waals surface area contributed by atoms with E-state index in [0.29, 0.717) is 39.1 Å². The molecule has 0 fully saturated rings. The average molecular weight is 468 g/mol. The number of fused-ring (bicyclic) bond motifs is 1. The Labute approximate surface area is 193 Å². The molecule has 32 heavy (non-hydrogen) atoms. The minimum atomic E-state index is -0.194. The Morgan fingerprint density at radius 1 is 1.09 bits per heavy atom. The molecule has 0 atom stereocenters. The Kier molecular flexibility index (Phi) is 6.77. The van der Waals surface area contributed by atoms with Crippen LogP contribution in [0.15, 0.2) is 69.9 Å². The smallest absolute Gasteiger partial charge is 0.276 e. The molecule has 0 spiro atoms. The molecule has 0 radical (unpaired) electrons. The molecular formula is C23H21N3O4S2. The van der Waals surface area contributed by atoms with Crippen molar-refractivity contribution in [1.29, 1.82) is 0 Å². The molecule has 4 rings (SSSR count). The number of carbonyl (C=O) groups excluding carboxylic acids is 1. The third-order valence-corrected chi connectivity index (χ3v) is 6.39. The Bertz CT molecular complexity index is 1280. The Hall–Kier alpha value is -3.30. The fraction of sp³-hybridized carbons (Fsp3) is 0.174. The number of benzene rings is 2. The van der Waals surface area contributed by atoms with E-state index in [2.05, 4.69) is 10.3 Å². The summed E-state index contributed by atoms with van der Waals surface area (Å²) < 4.78 is 12.7. The number of methoxy groups -OCH3 is 1. The van der Waals surface area contributed by atoms with Crippen molar-refractivity contribution < 1.29 is 14.3 Å². The van der Waals surface area contributed by atoms with Crippen LogP contribution in [0.4, 0.5) is 5.69 Å². The van der Waals surface area contributed by atoms with E-state index in [4.69, 9.17) is 9.47 Å². The molecule has 164 valence electrons. The molecule has 0 bridgehead atoms. The number of ether oxygens (including phenoxy) is 2. The molecule has 2 aromatic carbocycles. The minimum absolute atomic E-state index is 0.103. The topological polar surface area (TPSA) is 82.5 Å². The predicted molar refractivity (Wildman–Crippen MR) is 129 cm³/mol. The van der Waals surface area contributed by atoms with Crippen molar-refractivity contribution in [2.24, 2.45) is 0 Å². The first-order valence-corrected chi connectivity index (χ1v) is 11.8. The van der Waals surface area contributed by atoms with Gasteiger partial charge in [0.1, 0.15) is 16.2 Å². The molecule has 2 heterocycles. The number of carbonyl (C=O) groups is 1. The normalized spacial score (nSPS) is 10.8. The van der Waals surface area contributed by atoms with Gasteiger partial charge in [-0.05, 0) is 66.9 Å². The first kappa shape index (κ1) is 21.9. The lowest BCUT2D eigenvalue weighted by Gasteiger charge is -2.13. The number of hydrogen-bond donors (Lipinski definition) is 1. The lowest BCUT2D eigenvalue weighted by Crippen LogP contribution is -2.22. The monoisotopic (exact) mass is 467 g/mol. The predicted octanol–water partition coefficient (Wildman–Crippen LogP) is 4.59. The van der Waals surface area contributed by atoms with E-state index in [1.807, 2.05) is 18.4 Å². The third-order valence-electron chi connectivity index (χ3n) is 4.56. The van der Waals surface area contributed by atoms with Crippen molar-refractivity contribution in [3.63, 3.8) is 0 Å². The second-order valence-corrected chi connectivity index (χ2v) is 8.52. The number of aromatic nitrogens is 2. The van der Waals surface area contributed by atoms with Crippen LogP contribution >= 0.6 is 23.1 Å². The first-order chi connectivity index (χ1) is 15.6. The van der Waals surface area contributed by atoms with E-state index in [0.717, 1.165) is 5.75 Å². The van der Waals surface area contributed by atoms with Crippen LogP contribution in [-0.4, -0.2) is 34.9 Å².